The van der Waals surface area contributed by atoms with E-state index < -0.39 is 0 Å². The molecule has 0 aliphatic heterocycles. The Morgan fingerprint density at radius 2 is 2.27 bits per heavy atom. The number of pyridine rings is 1. The molecule has 4 nitrogen and oxygen atoms in total. The summed E-state index contributed by atoms with van der Waals surface area (Å²) < 4.78 is 10.5. The first-order valence-corrected chi connectivity index (χ1v) is 4.65. The molecule has 15 heavy (non-hydrogen) atoms. The van der Waals surface area contributed by atoms with Gasteiger partial charge in [0, 0.05) is 11.9 Å². The van der Waals surface area contributed by atoms with Crippen LogP contribution in [0.3, 0.4) is 0 Å². The highest BCUT2D eigenvalue weighted by Crippen LogP contribution is 2.07. The van der Waals surface area contributed by atoms with Gasteiger partial charge in [-0.3, -0.25) is 4.98 Å². The molecule has 0 radical (unpaired) electrons. The van der Waals surface area contributed by atoms with Crippen LogP contribution in [0.1, 0.15) is 11.5 Å². The minimum atomic E-state index is 0.436. The fourth-order valence-electron chi connectivity index (χ4n) is 1.23. The molecule has 2 aromatic heterocycles. The minimum Gasteiger partial charge on any atom is -0.467 e. The zero-order chi connectivity index (χ0) is 10.5. The average Bonchev–Trinajstić information content (AvgIpc) is 2.71. The fraction of sp³-hybridized carbons (Fsp3) is 0.182. The maximum Gasteiger partial charge on any atom is 0.129 e. The van der Waals surface area contributed by atoms with Gasteiger partial charge in [-0.15, -0.1) is 0 Å². The zero-order valence-corrected chi connectivity index (χ0v) is 8.22. The number of ether oxygens (including phenoxy) is 1. The molecule has 0 bridgehead atoms. The van der Waals surface area contributed by atoms with Gasteiger partial charge in [-0.2, -0.15) is 0 Å². The number of nitrogens with two attached hydrogens (primary N) is 1. The van der Waals surface area contributed by atoms with E-state index in [1.165, 1.54) is 0 Å². The second kappa shape index (κ2) is 4.61. The molecule has 2 aromatic rings. The van der Waals surface area contributed by atoms with Crippen molar-refractivity contribution in [3.8, 4) is 0 Å². The van der Waals surface area contributed by atoms with E-state index in [0.717, 1.165) is 11.5 Å². The van der Waals surface area contributed by atoms with Gasteiger partial charge in [0.2, 0.25) is 0 Å². The maximum absolute atomic E-state index is 5.61. The van der Waals surface area contributed by atoms with E-state index in [-0.39, 0.29) is 0 Å². The van der Waals surface area contributed by atoms with Crippen LogP contribution in [0.4, 0.5) is 5.69 Å². The lowest BCUT2D eigenvalue weighted by atomic mass is 10.3. The number of hydrogen-bond acceptors (Lipinski definition) is 4. The Labute approximate surface area is 87.7 Å². The van der Waals surface area contributed by atoms with Gasteiger partial charge in [-0.05, 0) is 24.3 Å². The van der Waals surface area contributed by atoms with Crippen LogP contribution in [0.5, 0.6) is 0 Å². The third-order valence-electron chi connectivity index (χ3n) is 1.91. The van der Waals surface area contributed by atoms with Crippen molar-refractivity contribution in [3.63, 3.8) is 0 Å². The van der Waals surface area contributed by atoms with Crippen molar-refractivity contribution in [2.75, 3.05) is 5.73 Å². The number of hydrogen-bond donors (Lipinski definition) is 1. The molecule has 2 N–H and O–H groups in total. The Hall–Kier alpha value is -1.81. The molecular weight excluding hydrogens is 192 g/mol. The molecule has 2 heterocycles. The molecule has 0 amide bonds. The summed E-state index contributed by atoms with van der Waals surface area (Å²) in [4.78, 5) is 4.12. The molecular formula is C11H12N2O2. The Morgan fingerprint density at radius 3 is 3.00 bits per heavy atom. The highest BCUT2D eigenvalue weighted by Gasteiger charge is 1.98. The first-order valence-electron chi connectivity index (χ1n) is 4.65. The molecule has 0 saturated heterocycles. The van der Waals surface area contributed by atoms with E-state index in [0.29, 0.717) is 18.9 Å². The summed E-state index contributed by atoms with van der Waals surface area (Å²) in [6, 6.07) is 7.24. The number of anilines is 1. The third-order valence-corrected chi connectivity index (χ3v) is 1.91. The van der Waals surface area contributed by atoms with Gasteiger partial charge in [0.15, 0.2) is 0 Å². The van der Waals surface area contributed by atoms with Crippen molar-refractivity contribution in [3.05, 3.63) is 48.2 Å². The summed E-state index contributed by atoms with van der Waals surface area (Å²) in [7, 11) is 0. The molecule has 0 saturated carbocycles. The van der Waals surface area contributed by atoms with Crippen LogP contribution >= 0.6 is 0 Å². The predicted molar refractivity (Wildman–Crippen MR) is 55.9 cm³/mol. The SMILES string of the molecule is Nc1ccnc(COCc2ccco2)c1. The van der Waals surface area contributed by atoms with Crippen molar-refractivity contribution in [2.45, 2.75) is 13.2 Å². The largest absolute Gasteiger partial charge is 0.467 e. The van der Waals surface area contributed by atoms with Gasteiger partial charge in [0.25, 0.3) is 0 Å². The Bertz CT molecular complexity index is 412. The molecule has 4 heteroatoms. The van der Waals surface area contributed by atoms with Gasteiger partial charge < -0.3 is 14.9 Å². The van der Waals surface area contributed by atoms with Crippen LogP contribution in [0.2, 0.25) is 0 Å². The normalized spacial score (nSPS) is 10.4. The van der Waals surface area contributed by atoms with E-state index >= 15 is 0 Å². The van der Waals surface area contributed by atoms with Crippen molar-refractivity contribution in [2.24, 2.45) is 0 Å². The van der Waals surface area contributed by atoms with Gasteiger partial charge in [-0.25, -0.2) is 0 Å². The number of furan rings is 1. The van der Waals surface area contributed by atoms with Gasteiger partial charge in [-0.1, -0.05) is 0 Å². The van der Waals surface area contributed by atoms with Crippen molar-refractivity contribution >= 4 is 5.69 Å². The molecule has 0 aliphatic carbocycles. The fourth-order valence-corrected chi connectivity index (χ4v) is 1.23. The first kappa shape index (κ1) is 9.73. The lowest BCUT2D eigenvalue weighted by molar-refractivity contribution is 0.0907. The quantitative estimate of drug-likeness (QED) is 0.827. The Kier molecular flexibility index (Phi) is 2.99. The van der Waals surface area contributed by atoms with E-state index in [1.54, 1.807) is 24.6 Å². The molecule has 0 aliphatic rings. The predicted octanol–water partition coefficient (Wildman–Crippen LogP) is 1.97. The average molecular weight is 204 g/mol. The smallest absolute Gasteiger partial charge is 0.129 e. The van der Waals surface area contributed by atoms with Crippen molar-refractivity contribution < 1.29 is 9.15 Å². The first-order chi connectivity index (χ1) is 7.34. The van der Waals surface area contributed by atoms with Crippen LogP contribution in [-0.4, -0.2) is 4.98 Å². The van der Waals surface area contributed by atoms with E-state index in [2.05, 4.69) is 4.98 Å². The number of nitrogens with zero attached hydrogens (tertiary/aromatic N) is 1. The second-order valence-electron chi connectivity index (χ2n) is 3.15. The Morgan fingerprint density at radius 1 is 1.33 bits per heavy atom. The van der Waals surface area contributed by atoms with Crippen LogP contribution in [0, 0.1) is 0 Å². The number of nitrogen functional groups attached to an aromatic ring is 1. The highest BCUT2D eigenvalue weighted by atomic mass is 16.5. The van der Waals surface area contributed by atoms with Crippen molar-refractivity contribution in [1.29, 1.82) is 0 Å². The summed E-state index contributed by atoms with van der Waals surface area (Å²) in [5.74, 6) is 0.805. The molecule has 78 valence electrons. The van der Waals surface area contributed by atoms with Gasteiger partial charge >= 0.3 is 0 Å². The summed E-state index contributed by atoms with van der Waals surface area (Å²) in [5, 5.41) is 0. The summed E-state index contributed by atoms with van der Waals surface area (Å²) >= 11 is 0. The second-order valence-corrected chi connectivity index (χ2v) is 3.15. The molecule has 2 rings (SSSR count). The monoisotopic (exact) mass is 204 g/mol. The van der Waals surface area contributed by atoms with E-state index in [1.807, 2.05) is 12.1 Å². The van der Waals surface area contributed by atoms with Crippen molar-refractivity contribution in [1.82, 2.24) is 4.98 Å². The van der Waals surface area contributed by atoms with Crippen LogP contribution in [0.15, 0.2) is 41.1 Å². The van der Waals surface area contributed by atoms with E-state index in [9.17, 15) is 0 Å². The lowest BCUT2D eigenvalue weighted by Gasteiger charge is -2.02. The van der Waals surface area contributed by atoms with Gasteiger partial charge in [0.05, 0.1) is 18.6 Å². The molecule has 0 atom stereocenters. The summed E-state index contributed by atoms with van der Waals surface area (Å²) in [6.45, 7) is 0.884. The summed E-state index contributed by atoms with van der Waals surface area (Å²) in [5.41, 5.74) is 7.13. The molecule has 0 fully saturated rings. The molecule has 0 spiro atoms. The molecule has 0 aromatic carbocycles. The van der Waals surface area contributed by atoms with Gasteiger partial charge in [0.1, 0.15) is 12.4 Å². The lowest BCUT2D eigenvalue weighted by Crippen LogP contribution is -1.97. The summed E-state index contributed by atoms with van der Waals surface area (Å²) in [6.07, 6.45) is 3.29. The molecule has 0 unspecified atom stereocenters. The minimum absolute atomic E-state index is 0.436. The van der Waals surface area contributed by atoms with Crippen LogP contribution < -0.4 is 5.73 Å². The zero-order valence-electron chi connectivity index (χ0n) is 8.22. The standard InChI is InChI=1S/C11H12N2O2/c12-9-3-4-13-10(6-9)7-14-8-11-2-1-5-15-11/h1-6H,7-8H2,(H2,12,13). The highest BCUT2D eigenvalue weighted by molar-refractivity contribution is 5.36. The maximum atomic E-state index is 5.61. The Balaban J connectivity index is 1.83. The topological polar surface area (TPSA) is 61.3 Å². The number of aromatic nitrogens is 1. The number of rotatable bonds is 4. The third kappa shape index (κ3) is 2.82. The van der Waals surface area contributed by atoms with Crippen LogP contribution in [-0.2, 0) is 18.0 Å². The van der Waals surface area contributed by atoms with E-state index in [4.69, 9.17) is 14.9 Å². The van der Waals surface area contributed by atoms with Crippen LogP contribution in [0.25, 0.3) is 0 Å².